The second kappa shape index (κ2) is 5.14. The van der Waals surface area contributed by atoms with Gasteiger partial charge in [-0.1, -0.05) is 19.3 Å². The van der Waals surface area contributed by atoms with E-state index in [0.29, 0.717) is 18.4 Å². The van der Waals surface area contributed by atoms with Gasteiger partial charge in [0.05, 0.1) is 11.8 Å². The highest BCUT2D eigenvalue weighted by Crippen LogP contribution is 2.40. The predicted molar refractivity (Wildman–Crippen MR) is 70.5 cm³/mol. The van der Waals surface area contributed by atoms with Crippen molar-refractivity contribution in [2.24, 2.45) is 17.8 Å². The summed E-state index contributed by atoms with van der Waals surface area (Å²) in [4.78, 5) is 26.0. The molecule has 1 heterocycles. The molecule has 2 unspecified atom stereocenters. The Hall–Kier alpha value is -1.06. The van der Waals surface area contributed by atoms with E-state index in [1.807, 2.05) is 4.90 Å². The number of likely N-dealkylation sites (tertiary alicyclic amines) is 1. The van der Waals surface area contributed by atoms with Crippen LogP contribution < -0.4 is 0 Å². The lowest BCUT2D eigenvalue weighted by Crippen LogP contribution is -2.44. The molecule has 0 radical (unpaired) electrons. The van der Waals surface area contributed by atoms with Crippen LogP contribution in [0.15, 0.2) is 0 Å². The summed E-state index contributed by atoms with van der Waals surface area (Å²) in [5, 5.41) is 9.24. The molecule has 0 aromatic carbocycles. The van der Waals surface area contributed by atoms with Crippen molar-refractivity contribution in [3.8, 4) is 0 Å². The molecule has 2 aliphatic carbocycles. The van der Waals surface area contributed by atoms with Gasteiger partial charge in [-0.3, -0.25) is 9.59 Å². The summed E-state index contributed by atoms with van der Waals surface area (Å²) in [6.45, 7) is 0.858. The van der Waals surface area contributed by atoms with Crippen LogP contribution in [-0.2, 0) is 9.59 Å². The van der Waals surface area contributed by atoms with E-state index in [0.717, 1.165) is 32.2 Å². The maximum Gasteiger partial charge on any atom is 0.307 e. The van der Waals surface area contributed by atoms with Crippen LogP contribution in [0.25, 0.3) is 0 Å². The summed E-state index contributed by atoms with van der Waals surface area (Å²) in [5.74, 6) is -0.648. The van der Waals surface area contributed by atoms with E-state index in [1.165, 1.54) is 19.3 Å². The molecule has 0 aromatic rings. The molecule has 1 N–H and O–H groups in total. The minimum absolute atomic E-state index is 0.138. The number of carboxylic acid groups (broad SMARTS) is 1. The topological polar surface area (TPSA) is 57.6 Å². The van der Waals surface area contributed by atoms with Gasteiger partial charge in [0, 0.05) is 12.6 Å². The van der Waals surface area contributed by atoms with Crippen LogP contribution in [0.3, 0.4) is 0 Å². The van der Waals surface area contributed by atoms with Gasteiger partial charge in [-0.2, -0.15) is 0 Å². The molecule has 19 heavy (non-hydrogen) atoms. The summed E-state index contributed by atoms with van der Waals surface area (Å²) >= 11 is 0. The minimum Gasteiger partial charge on any atom is -0.481 e. The zero-order chi connectivity index (χ0) is 13.4. The smallest absolute Gasteiger partial charge is 0.307 e. The molecule has 2 saturated carbocycles. The number of carbonyl (C=O) groups is 2. The number of aliphatic carboxylic acids is 1. The van der Waals surface area contributed by atoms with Crippen LogP contribution in [0.1, 0.15) is 51.4 Å². The van der Waals surface area contributed by atoms with Gasteiger partial charge in [0.2, 0.25) is 5.91 Å². The van der Waals surface area contributed by atoms with Crippen LogP contribution >= 0.6 is 0 Å². The molecule has 3 fully saturated rings. The number of rotatable bonds is 2. The first-order chi connectivity index (χ1) is 9.18. The SMILES string of the molecule is O=C(O)[C@H]1CCC[C@H]1C(=O)N1CCC2CCCCC21. The minimum atomic E-state index is -0.782. The van der Waals surface area contributed by atoms with E-state index in [1.54, 1.807) is 0 Å². The van der Waals surface area contributed by atoms with Crippen molar-refractivity contribution in [2.45, 2.75) is 57.4 Å². The van der Waals surface area contributed by atoms with Crippen LogP contribution in [0.4, 0.5) is 0 Å². The van der Waals surface area contributed by atoms with Crippen molar-refractivity contribution in [1.82, 2.24) is 4.90 Å². The lowest BCUT2D eigenvalue weighted by atomic mass is 9.84. The average Bonchev–Trinajstić information content (AvgIpc) is 3.05. The Balaban J connectivity index is 1.71. The fourth-order valence-electron chi connectivity index (χ4n) is 4.44. The van der Waals surface area contributed by atoms with E-state index in [4.69, 9.17) is 0 Å². The Kier molecular flexibility index (Phi) is 3.50. The number of nitrogens with zero attached hydrogens (tertiary/aromatic N) is 1. The molecular weight excluding hydrogens is 242 g/mol. The predicted octanol–water partition coefficient (Wildman–Crippen LogP) is 2.28. The summed E-state index contributed by atoms with van der Waals surface area (Å²) < 4.78 is 0. The van der Waals surface area contributed by atoms with Crippen LogP contribution in [0.2, 0.25) is 0 Å². The maximum absolute atomic E-state index is 12.7. The fourth-order valence-corrected chi connectivity index (χ4v) is 4.44. The van der Waals surface area contributed by atoms with Crippen molar-refractivity contribution >= 4 is 11.9 Å². The van der Waals surface area contributed by atoms with Gasteiger partial charge in [0.15, 0.2) is 0 Å². The molecule has 3 aliphatic rings. The molecule has 0 spiro atoms. The number of amides is 1. The first-order valence-electron chi connectivity index (χ1n) is 7.72. The van der Waals surface area contributed by atoms with Gasteiger partial charge >= 0.3 is 5.97 Å². The molecule has 4 atom stereocenters. The third-order valence-corrected chi connectivity index (χ3v) is 5.44. The third-order valence-electron chi connectivity index (χ3n) is 5.44. The summed E-state index contributed by atoms with van der Waals surface area (Å²) in [5.41, 5.74) is 0. The van der Waals surface area contributed by atoms with Gasteiger partial charge in [-0.15, -0.1) is 0 Å². The summed E-state index contributed by atoms with van der Waals surface area (Å²) in [6, 6.07) is 0.413. The number of hydrogen-bond donors (Lipinski definition) is 1. The lowest BCUT2D eigenvalue weighted by molar-refractivity contribution is -0.149. The second-order valence-electron chi connectivity index (χ2n) is 6.41. The molecule has 106 valence electrons. The van der Waals surface area contributed by atoms with Gasteiger partial charge in [0.1, 0.15) is 0 Å². The lowest BCUT2D eigenvalue weighted by Gasteiger charge is -2.33. The molecule has 4 heteroatoms. The van der Waals surface area contributed by atoms with Crippen molar-refractivity contribution in [2.75, 3.05) is 6.54 Å². The van der Waals surface area contributed by atoms with E-state index in [-0.39, 0.29) is 11.8 Å². The zero-order valence-electron chi connectivity index (χ0n) is 11.4. The molecule has 0 aromatic heterocycles. The van der Waals surface area contributed by atoms with Crippen LogP contribution in [0, 0.1) is 17.8 Å². The van der Waals surface area contributed by atoms with Crippen molar-refractivity contribution in [3.63, 3.8) is 0 Å². The largest absolute Gasteiger partial charge is 0.481 e. The highest BCUT2D eigenvalue weighted by atomic mass is 16.4. The summed E-state index contributed by atoms with van der Waals surface area (Å²) in [7, 11) is 0. The Morgan fingerprint density at radius 2 is 1.63 bits per heavy atom. The Morgan fingerprint density at radius 3 is 2.42 bits per heavy atom. The van der Waals surface area contributed by atoms with Crippen LogP contribution in [-0.4, -0.2) is 34.5 Å². The number of carbonyl (C=O) groups excluding carboxylic acids is 1. The van der Waals surface area contributed by atoms with E-state index in [2.05, 4.69) is 0 Å². The Labute approximate surface area is 114 Å². The maximum atomic E-state index is 12.7. The van der Waals surface area contributed by atoms with E-state index < -0.39 is 11.9 Å². The van der Waals surface area contributed by atoms with Crippen molar-refractivity contribution < 1.29 is 14.7 Å². The molecular formula is C15H23NO3. The van der Waals surface area contributed by atoms with Gasteiger partial charge < -0.3 is 10.0 Å². The fraction of sp³-hybridized carbons (Fsp3) is 0.867. The molecule has 1 amide bonds. The van der Waals surface area contributed by atoms with E-state index >= 15 is 0 Å². The third kappa shape index (κ3) is 2.26. The highest BCUT2D eigenvalue weighted by Gasteiger charge is 2.45. The number of carboxylic acids is 1. The van der Waals surface area contributed by atoms with Crippen LogP contribution in [0.5, 0.6) is 0 Å². The Morgan fingerprint density at radius 1 is 0.895 bits per heavy atom. The molecule has 1 aliphatic heterocycles. The first-order valence-corrected chi connectivity index (χ1v) is 7.72. The molecule has 1 saturated heterocycles. The van der Waals surface area contributed by atoms with Gasteiger partial charge in [0.25, 0.3) is 0 Å². The average molecular weight is 265 g/mol. The van der Waals surface area contributed by atoms with Gasteiger partial charge in [-0.05, 0) is 38.0 Å². The molecule has 4 nitrogen and oxygen atoms in total. The van der Waals surface area contributed by atoms with E-state index in [9.17, 15) is 14.7 Å². The standard InChI is InChI=1S/C15H23NO3/c17-14(11-5-3-6-12(11)15(18)19)16-9-8-10-4-1-2-7-13(10)16/h10-13H,1-9H2,(H,18,19)/t10?,11-,12+,13?/m1/s1. The quantitative estimate of drug-likeness (QED) is 0.833. The number of fused-ring (bicyclic) bond motifs is 1. The summed E-state index contributed by atoms with van der Waals surface area (Å²) in [6.07, 6.45) is 8.35. The first kappa shape index (κ1) is 12.9. The second-order valence-corrected chi connectivity index (χ2v) is 6.41. The molecule has 3 rings (SSSR count). The monoisotopic (exact) mass is 265 g/mol. The van der Waals surface area contributed by atoms with Crippen molar-refractivity contribution in [1.29, 1.82) is 0 Å². The highest BCUT2D eigenvalue weighted by molar-refractivity contribution is 5.85. The normalized spacial score (nSPS) is 38.2. The molecule has 0 bridgehead atoms. The van der Waals surface area contributed by atoms with Crippen molar-refractivity contribution in [3.05, 3.63) is 0 Å². The Bertz CT molecular complexity index is 382. The van der Waals surface area contributed by atoms with Gasteiger partial charge in [-0.25, -0.2) is 0 Å². The number of hydrogen-bond acceptors (Lipinski definition) is 2. The zero-order valence-corrected chi connectivity index (χ0v) is 11.4.